The molecule has 0 heterocycles. The number of nitrogens with zero attached hydrogens (tertiary/aromatic N) is 1. The first-order valence-electron chi connectivity index (χ1n) is 8.53. The van der Waals surface area contributed by atoms with Gasteiger partial charge in [-0.3, -0.25) is 9.59 Å². The van der Waals surface area contributed by atoms with Crippen LogP contribution in [0.2, 0.25) is 0 Å². The molecule has 0 radical (unpaired) electrons. The molecule has 0 saturated heterocycles. The Kier molecular flexibility index (Phi) is 9.42. The normalized spacial score (nSPS) is 10.0. The maximum atomic E-state index is 11.7. The van der Waals surface area contributed by atoms with Crippen LogP contribution in [0.4, 0.5) is 4.79 Å². The summed E-state index contributed by atoms with van der Waals surface area (Å²) in [5.74, 6) is 0.506. The summed E-state index contributed by atoms with van der Waals surface area (Å²) in [6, 6.07) is 4.37. The van der Waals surface area contributed by atoms with Crippen molar-refractivity contribution in [2.45, 2.75) is 26.3 Å². The molecule has 2 amide bonds. The van der Waals surface area contributed by atoms with Crippen molar-refractivity contribution in [3.63, 3.8) is 0 Å². The molecule has 0 aliphatic carbocycles. The molecular weight excluding hydrogens is 352 g/mol. The molecule has 8 nitrogen and oxygen atoms in total. The second-order valence-corrected chi connectivity index (χ2v) is 5.64. The van der Waals surface area contributed by atoms with Crippen LogP contribution in [0.25, 0.3) is 0 Å². The molecule has 2 N–H and O–H groups in total. The maximum absolute atomic E-state index is 11.7. The highest BCUT2D eigenvalue weighted by Crippen LogP contribution is 2.26. The third-order valence-electron chi connectivity index (χ3n) is 3.67. The van der Waals surface area contributed by atoms with E-state index in [0.29, 0.717) is 23.5 Å². The third-order valence-corrected chi connectivity index (χ3v) is 3.67. The number of ether oxygens (including phenoxy) is 3. The minimum absolute atomic E-state index is 0.0127. The summed E-state index contributed by atoms with van der Waals surface area (Å²) < 4.78 is 15.6. The van der Waals surface area contributed by atoms with Crippen molar-refractivity contribution in [1.29, 1.82) is 0 Å². The maximum Gasteiger partial charge on any atom is 0.315 e. The number of hydrogen-bond donors (Lipinski definition) is 1. The fraction of sp³-hybridized carbons (Fsp3) is 0.421. The van der Waals surface area contributed by atoms with E-state index in [1.165, 1.54) is 18.1 Å². The zero-order chi connectivity index (χ0) is 20.2. The van der Waals surface area contributed by atoms with Crippen molar-refractivity contribution in [3.05, 3.63) is 36.4 Å². The van der Waals surface area contributed by atoms with E-state index in [2.05, 4.69) is 6.58 Å². The number of primary amides is 1. The summed E-state index contributed by atoms with van der Waals surface area (Å²) in [6.45, 7) is 5.59. The van der Waals surface area contributed by atoms with Crippen LogP contribution >= 0.6 is 0 Å². The van der Waals surface area contributed by atoms with Crippen molar-refractivity contribution >= 4 is 17.8 Å². The number of esters is 1. The number of benzene rings is 1. The molecule has 0 saturated carbocycles. The van der Waals surface area contributed by atoms with Crippen molar-refractivity contribution in [2.24, 2.45) is 5.73 Å². The van der Waals surface area contributed by atoms with Gasteiger partial charge >= 0.3 is 12.0 Å². The lowest BCUT2D eigenvalue weighted by Gasteiger charge is -2.21. The fourth-order valence-corrected chi connectivity index (χ4v) is 2.13. The van der Waals surface area contributed by atoms with Crippen molar-refractivity contribution in [2.75, 3.05) is 26.9 Å². The predicted molar refractivity (Wildman–Crippen MR) is 99.6 cm³/mol. The summed E-state index contributed by atoms with van der Waals surface area (Å²) in [5, 5.41) is 0. The van der Waals surface area contributed by atoms with E-state index in [0.717, 1.165) is 0 Å². The van der Waals surface area contributed by atoms with Gasteiger partial charge in [-0.2, -0.15) is 0 Å². The molecule has 0 aromatic heterocycles. The predicted octanol–water partition coefficient (Wildman–Crippen LogP) is 2.05. The molecule has 1 aromatic rings. The molecule has 0 bridgehead atoms. The molecular formula is C19H26N2O6. The van der Waals surface area contributed by atoms with E-state index >= 15 is 0 Å². The highest BCUT2D eigenvalue weighted by molar-refractivity contribution is 5.79. The van der Waals surface area contributed by atoms with Crippen LogP contribution in [0.3, 0.4) is 0 Å². The summed E-state index contributed by atoms with van der Waals surface area (Å²) in [5.41, 5.74) is 6.09. The summed E-state index contributed by atoms with van der Waals surface area (Å²) in [4.78, 5) is 35.9. The van der Waals surface area contributed by atoms with E-state index in [1.807, 2.05) is 0 Å². The average molecular weight is 378 g/mol. The van der Waals surface area contributed by atoms with Crippen LogP contribution in [0.1, 0.15) is 25.3 Å². The standard InChI is InChI=1S/C19H26N2O6/c1-4-10-26-18(23)8-9-21(19(20)24)12-14-6-7-16(11-17(14)25-3)27-13-15(22)5-2/h4,6-7,11H,1,5,8-10,12-13H2,2-3H3,(H2,20,24). The van der Waals surface area contributed by atoms with E-state index in [9.17, 15) is 14.4 Å². The Morgan fingerprint density at radius 2 is 2.04 bits per heavy atom. The van der Waals surface area contributed by atoms with Gasteiger partial charge in [0.2, 0.25) is 0 Å². The molecule has 27 heavy (non-hydrogen) atoms. The Hall–Kier alpha value is -3.03. The molecule has 1 aromatic carbocycles. The van der Waals surface area contributed by atoms with Gasteiger partial charge in [0, 0.05) is 24.6 Å². The number of carbonyl (C=O) groups excluding carboxylic acids is 3. The monoisotopic (exact) mass is 378 g/mol. The van der Waals surface area contributed by atoms with Crippen LogP contribution in [0.5, 0.6) is 11.5 Å². The largest absolute Gasteiger partial charge is 0.496 e. The van der Waals surface area contributed by atoms with E-state index in [1.54, 1.807) is 25.1 Å². The number of nitrogens with two attached hydrogens (primary N) is 1. The number of carbonyl (C=O) groups is 3. The van der Waals surface area contributed by atoms with Gasteiger partial charge in [-0.1, -0.05) is 19.6 Å². The second kappa shape index (κ2) is 11.6. The van der Waals surface area contributed by atoms with Crippen LogP contribution in [0.15, 0.2) is 30.9 Å². The van der Waals surface area contributed by atoms with E-state index in [4.69, 9.17) is 19.9 Å². The van der Waals surface area contributed by atoms with E-state index < -0.39 is 12.0 Å². The fourth-order valence-electron chi connectivity index (χ4n) is 2.13. The minimum atomic E-state index is -0.664. The SMILES string of the molecule is C=CCOC(=O)CCN(Cc1ccc(OCC(=O)CC)cc1OC)C(N)=O. The number of urea groups is 1. The third kappa shape index (κ3) is 7.81. The number of amides is 2. The Morgan fingerprint density at radius 1 is 1.30 bits per heavy atom. The van der Waals surface area contributed by atoms with Gasteiger partial charge in [-0.15, -0.1) is 0 Å². The molecule has 0 atom stereocenters. The quantitative estimate of drug-likeness (QED) is 0.440. The number of Topliss-reactive ketones (excluding diaryl/α,β-unsaturated/α-hetero) is 1. The molecule has 0 aliphatic heterocycles. The van der Waals surface area contributed by atoms with Crippen LogP contribution < -0.4 is 15.2 Å². The molecule has 8 heteroatoms. The topological polar surface area (TPSA) is 108 Å². The lowest BCUT2D eigenvalue weighted by Crippen LogP contribution is -2.37. The first-order chi connectivity index (χ1) is 12.9. The van der Waals surface area contributed by atoms with Gasteiger partial charge in [-0.25, -0.2) is 4.79 Å². The number of methoxy groups -OCH3 is 1. The first-order valence-corrected chi connectivity index (χ1v) is 8.53. The van der Waals surface area contributed by atoms with Crippen LogP contribution in [-0.4, -0.2) is 49.6 Å². The van der Waals surface area contributed by atoms with E-state index in [-0.39, 0.29) is 38.5 Å². The van der Waals surface area contributed by atoms with Crippen LogP contribution in [0, 0.1) is 0 Å². The van der Waals surface area contributed by atoms with Crippen molar-refractivity contribution < 1.29 is 28.6 Å². The molecule has 0 fully saturated rings. The van der Waals surface area contributed by atoms with Gasteiger partial charge in [0.1, 0.15) is 24.7 Å². The Balaban J connectivity index is 2.77. The number of hydrogen-bond acceptors (Lipinski definition) is 6. The minimum Gasteiger partial charge on any atom is -0.496 e. The Morgan fingerprint density at radius 3 is 2.63 bits per heavy atom. The smallest absolute Gasteiger partial charge is 0.315 e. The van der Waals surface area contributed by atoms with Gasteiger partial charge in [0.05, 0.1) is 20.1 Å². The number of ketones is 1. The van der Waals surface area contributed by atoms with Gasteiger partial charge < -0.3 is 24.8 Å². The van der Waals surface area contributed by atoms with Crippen molar-refractivity contribution in [1.82, 2.24) is 4.90 Å². The lowest BCUT2D eigenvalue weighted by atomic mass is 10.1. The molecule has 148 valence electrons. The summed E-state index contributed by atoms with van der Waals surface area (Å²) >= 11 is 0. The molecule has 0 aliphatic rings. The van der Waals surface area contributed by atoms with Gasteiger partial charge in [0.25, 0.3) is 0 Å². The highest BCUT2D eigenvalue weighted by Gasteiger charge is 2.16. The van der Waals surface area contributed by atoms with Gasteiger partial charge in [-0.05, 0) is 12.1 Å². The molecule has 0 unspecified atom stereocenters. The van der Waals surface area contributed by atoms with Gasteiger partial charge in [0.15, 0.2) is 5.78 Å². The average Bonchev–Trinajstić information content (AvgIpc) is 2.67. The zero-order valence-electron chi connectivity index (χ0n) is 15.7. The molecule has 0 spiro atoms. The molecule has 1 rings (SSSR count). The summed E-state index contributed by atoms with van der Waals surface area (Å²) in [6.07, 6.45) is 1.88. The van der Waals surface area contributed by atoms with Crippen LogP contribution in [-0.2, 0) is 20.9 Å². The Labute approximate surface area is 158 Å². The number of rotatable bonds is 12. The zero-order valence-corrected chi connectivity index (χ0v) is 15.7. The Bertz CT molecular complexity index is 674. The second-order valence-electron chi connectivity index (χ2n) is 5.64. The highest BCUT2D eigenvalue weighted by atomic mass is 16.5. The lowest BCUT2D eigenvalue weighted by molar-refractivity contribution is -0.142. The summed E-state index contributed by atoms with van der Waals surface area (Å²) in [7, 11) is 1.49. The van der Waals surface area contributed by atoms with Crippen molar-refractivity contribution in [3.8, 4) is 11.5 Å². The first kappa shape index (κ1) is 22.0.